The van der Waals surface area contributed by atoms with Crippen molar-refractivity contribution >= 4 is 0 Å². The van der Waals surface area contributed by atoms with Gasteiger partial charge in [-0.2, -0.15) is 0 Å². The summed E-state index contributed by atoms with van der Waals surface area (Å²) in [5.41, 5.74) is -0.0784. The highest BCUT2D eigenvalue weighted by molar-refractivity contribution is 5.04. The Bertz CT molecular complexity index is 215. The third-order valence-electron chi connectivity index (χ3n) is 4.51. The van der Waals surface area contributed by atoms with Crippen LogP contribution in [-0.2, 0) is 4.74 Å². The molecule has 2 aliphatic carbocycles. The molecule has 0 aromatic heterocycles. The molecule has 0 aromatic rings. The predicted octanol–water partition coefficient (Wildman–Crippen LogP) is 2.60. The van der Waals surface area contributed by atoms with Gasteiger partial charge in [-0.25, -0.2) is 0 Å². The van der Waals surface area contributed by atoms with Crippen molar-refractivity contribution in [3.05, 3.63) is 0 Å². The standard InChI is InChI=1S/C13H24O2/c1-13(2,15-3)8-7-11(14)12-9-5-4-6-10(9)12/h9-12,14H,4-8H2,1-3H3. The van der Waals surface area contributed by atoms with Crippen LogP contribution >= 0.6 is 0 Å². The largest absolute Gasteiger partial charge is 0.393 e. The maximum Gasteiger partial charge on any atom is 0.0623 e. The molecule has 3 unspecified atom stereocenters. The number of aliphatic hydroxyl groups excluding tert-OH is 1. The fourth-order valence-corrected chi connectivity index (χ4v) is 3.24. The Morgan fingerprint density at radius 3 is 2.47 bits per heavy atom. The fraction of sp³-hybridized carbons (Fsp3) is 1.00. The molecule has 2 saturated carbocycles. The van der Waals surface area contributed by atoms with Gasteiger partial charge < -0.3 is 9.84 Å². The lowest BCUT2D eigenvalue weighted by molar-refractivity contribution is -0.000559. The minimum Gasteiger partial charge on any atom is -0.393 e. The summed E-state index contributed by atoms with van der Waals surface area (Å²) in [5.74, 6) is 2.36. The van der Waals surface area contributed by atoms with Crippen LogP contribution in [0.2, 0.25) is 0 Å². The Balaban J connectivity index is 1.72. The Labute approximate surface area is 93.0 Å². The summed E-state index contributed by atoms with van der Waals surface area (Å²) in [5, 5.41) is 10.1. The van der Waals surface area contributed by atoms with Gasteiger partial charge in [0.05, 0.1) is 11.7 Å². The summed E-state index contributed by atoms with van der Waals surface area (Å²) in [6.45, 7) is 4.18. The molecular formula is C13H24O2. The molecule has 2 aliphatic rings. The van der Waals surface area contributed by atoms with Crippen LogP contribution in [0.25, 0.3) is 0 Å². The monoisotopic (exact) mass is 212 g/mol. The maximum absolute atomic E-state index is 10.1. The van der Waals surface area contributed by atoms with Crippen LogP contribution in [-0.4, -0.2) is 23.9 Å². The van der Waals surface area contributed by atoms with E-state index in [1.165, 1.54) is 19.3 Å². The Morgan fingerprint density at radius 1 is 1.33 bits per heavy atom. The van der Waals surface area contributed by atoms with Gasteiger partial charge in [-0.05, 0) is 57.3 Å². The number of hydrogen-bond donors (Lipinski definition) is 1. The van der Waals surface area contributed by atoms with Gasteiger partial charge in [0.1, 0.15) is 0 Å². The van der Waals surface area contributed by atoms with Crippen LogP contribution in [0.4, 0.5) is 0 Å². The van der Waals surface area contributed by atoms with Crippen LogP contribution < -0.4 is 0 Å². The number of hydrogen-bond acceptors (Lipinski definition) is 2. The summed E-state index contributed by atoms with van der Waals surface area (Å²) in [6, 6.07) is 0. The van der Waals surface area contributed by atoms with Crippen LogP contribution in [0.3, 0.4) is 0 Å². The molecule has 0 bridgehead atoms. The van der Waals surface area contributed by atoms with Crippen molar-refractivity contribution in [2.45, 2.75) is 57.7 Å². The molecule has 2 heteroatoms. The number of aliphatic hydroxyl groups is 1. The van der Waals surface area contributed by atoms with Crippen molar-refractivity contribution in [1.29, 1.82) is 0 Å². The predicted molar refractivity (Wildman–Crippen MR) is 60.6 cm³/mol. The van der Waals surface area contributed by atoms with Gasteiger partial charge in [-0.3, -0.25) is 0 Å². The van der Waals surface area contributed by atoms with E-state index in [-0.39, 0.29) is 11.7 Å². The topological polar surface area (TPSA) is 29.5 Å². The van der Waals surface area contributed by atoms with Gasteiger partial charge in [0, 0.05) is 7.11 Å². The van der Waals surface area contributed by atoms with Crippen LogP contribution in [0.15, 0.2) is 0 Å². The molecule has 0 radical (unpaired) electrons. The zero-order chi connectivity index (χ0) is 11.1. The highest BCUT2D eigenvalue weighted by atomic mass is 16.5. The Hall–Kier alpha value is -0.0800. The molecule has 0 aromatic carbocycles. The molecule has 2 fully saturated rings. The Morgan fingerprint density at radius 2 is 1.93 bits per heavy atom. The lowest BCUT2D eigenvalue weighted by Crippen LogP contribution is -2.25. The number of methoxy groups -OCH3 is 1. The molecule has 0 amide bonds. The number of rotatable bonds is 5. The van der Waals surface area contributed by atoms with Crippen molar-refractivity contribution in [3.8, 4) is 0 Å². The summed E-state index contributed by atoms with van der Waals surface area (Å²) in [7, 11) is 1.75. The van der Waals surface area contributed by atoms with E-state index in [1.807, 2.05) is 0 Å². The van der Waals surface area contributed by atoms with Gasteiger partial charge in [0.15, 0.2) is 0 Å². The van der Waals surface area contributed by atoms with E-state index in [0.29, 0.717) is 5.92 Å². The summed E-state index contributed by atoms with van der Waals surface area (Å²) in [4.78, 5) is 0. The molecule has 15 heavy (non-hydrogen) atoms. The van der Waals surface area contributed by atoms with E-state index < -0.39 is 0 Å². The first-order chi connectivity index (χ1) is 7.05. The number of ether oxygens (including phenoxy) is 1. The van der Waals surface area contributed by atoms with E-state index in [2.05, 4.69) is 13.8 Å². The first-order valence-corrected chi connectivity index (χ1v) is 6.28. The van der Waals surface area contributed by atoms with Crippen molar-refractivity contribution in [2.75, 3.05) is 7.11 Å². The zero-order valence-corrected chi connectivity index (χ0v) is 10.2. The third kappa shape index (κ3) is 2.36. The van der Waals surface area contributed by atoms with E-state index in [4.69, 9.17) is 4.74 Å². The molecule has 2 nitrogen and oxygen atoms in total. The molecular weight excluding hydrogens is 188 g/mol. The van der Waals surface area contributed by atoms with Gasteiger partial charge in [0.25, 0.3) is 0 Å². The molecule has 0 heterocycles. The second-order valence-corrected chi connectivity index (χ2v) is 5.91. The van der Waals surface area contributed by atoms with Crippen molar-refractivity contribution in [2.24, 2.45) is 17.8 Å². The highest BCUT2D eigenvalue weighted by Gasteiger charge is 2.55. The molecule has 0 aliphatic heterocycles. The van der Waals surface area contributed by atoms with E-state index in [9.17, 15) is 5.11 Å². The highest BCUT2D eigenvalue weighted by Crippen LogP contribution is 2.59. The third-order valence-corrected chi connectivity index (χ3v) is 4.51. The average Bonchev–Trinajstić information content (AvgIpc) is 2.69. The molecule has 88 valence electrons. The first kappa shape index (κ1) is 11.4. The summed E-state index contributed by atoms with van der Waals surface area (Å²) >= 11 is 0. The second kappa shape index (κ2) is 4.06. The summed E-state index contributed by atoms with van der Waals surface area (Å²) in [6.07, 6.45) is 5.90. The lowest BCUT2D eigenvalue weighted by atomic mass is 9.96. The van der Waals surface area contributed by atoms with Gasteiger partial charge >= 0.3 is 0 Å². The van der Waals surface area contributed by atoms with Crippen LogP contribution in [0.5, 0.6) is 0 Å². The van der Waals surface area contributed by atoms with E-state index in [0.717, 1.165) is 24.7 Å². The smallest absolute Gasteiger partial charge is 0.0623 e. The van der Waals surface area contributed by atoms with E-state index >= 15 is 0 Å². The molecule has 1 N–H and O–H groups in total. The fourth-order valence-electron chi connectivity index (χ4n) is 3.24. The van der Waals surface area contributed by atoms with Gasteiger partial charge in [-0.1, -0.05) is 6.42 Å². The Kier molecular flexibility index (Phi) is 3.09. The second-order valence-electron chi connectivity index (χ2n) is 5.91. The maximum atomic E-state index is 10.1. The van der Waals surface area contributed by atoms with Crippen LogP contribution in [0, 0.1) is 17.8 Å². The van der Waals surface area contributed by atoms with Crippen LogP contribution in [0.1, 0.15) is 46.0 Å². The molecule has 3 atom stereocenters. The molecule has 0 spiro atoms. The van der Waals surface area contributed by atoms with E-state index in [1.54, 1.807) is 7.11 Å². The lowest BCUT2D eigenvalue weighted by Gasteiger charge is -2.24. The van der Waals surface area contributed by atoms with Gasteiger partial charge in [0.2, 0.25) is 0 Å². The van der Waals surface area contributed by atoms with Crippen molar-refractivity contribution < 1.29 is 9.84 Å². The van der Waals surface area contributed by atoms with Crippen molar-refractivity contribution in [1.82, 2.24) is 0 Å². The van der Waals surface area contributed by atoms with Gasteiger partial charge in [-0.15, -0.1) is 0 Å². The molecule has 2 rings (SSSR count). The average molecular weight is 212 g/mol. The minimum absolute atomic E-state index is 0.0743. The zero-order valence-electron chi connectivity index (χ0n) is 10.2. The summed E-state index contributed by atoms with van der Waals surface area (Å²) < 4.78 is 5.37. The first-order valence-electron chi connectivity index (χ1n) is 6.28. The normalized spacial score (nSPS) is 36.4. The molecule has 0 saturated heterocycles. The number of fused-ring (bicyclic) bond motifs is 1. The quantitative estimate of drug-likeness (QED) is 0.759. The SMILES string of the molecule is COC(C)(C)CCC(O)C1C2CCCC21. The van der Waals surface area contributed by atoms with Crippen molar-refractivity contribution in [3.63, 3.8) is 0 Å². The minimum atomic E-state index is -0.0784.